The van der Waals surface area contributed by atoms with E-state index in [9.17, 15) is 5.26 Å². The van der Waals surface area contributed by atoms with E-state index in [1.807, 2.05) is 209 Å². The molecular formula is C82H50F3N7. The molecule has 0 amide bonds. The number of halogens is 3. The summed E-state index contributed by atoms with van der Waals surface area (Å²) in [5, 5.41) is 13.9. The average molecular weight is 1190 g/mol. The van der Waals surface area contributed by atoms with E-state index < -0.39 is 11.7 Å². The summed E-state index contributed by atoms with van der Waals surface area (Å²) in [5.74, 6) is 0. The van der Waals surface area contributed by atoms with Gasteiger partial charge >= 0.3 is 6.18 Å². The Morgan fingerprint density at radius 2 is 0.576 bits per heavy atom. The van der Waals surface area contributed by atoms with Crippen molar-refractivity contribution >= 4 is 43.6 Å². The van der Waals surface area contributed by atoms with Crippen LogP contribution in [0.3, 0.4) is 0 Å². The van der Waals surface area contributed by atoms with Crippen molar-refractivity contribution in [3.05, 3.63) is 315 Å². The van der Waals surface area contributed by atoms with Gasteiger partial charge in [-0.15, -0.1) is 0 Å². The summed E-state index contributed by atoms with van der Waals surface area (Å²) >= 11 is 0. The lowest BCUT2D eigenvalue weighted by Crippen LogP contribution is -2.11. The predicted molar refractivity (Wildman–Crippen MR) is 365 cm³/mol. The molecule has 0 aliphatic rings. The van der Waals surface area contributed by atoms with E-state index >= 15 is 13.2 Å². The molecule has 10 heteroatoms. The Balaban J connectivity index is 0.978. The van der Waals surface area contributed by atoms with Crippen LogP contribution in [0.25, 0.3) is 156 Å². The molecule has 0 aliphatic carbocycles. The minimum Gasteiger partial charge on any atom is -0.309 e. The molecule has 434 valence electrons. The lowest BCUT2D eigenvalue weighted by Gasteiger charge is -2.23. The van der Waals surface area contributed by atoms with Crippen molar-refractivity contribution in [2.75, 3.05) is 0 Å². The van der Waals surface area contributed by atoms with Crippen LogP contribution in [0, 0.1) is 11.3 Å². The number of nitriles is 1. The van der Waals surface area contributed by atoms with Gasteiger partial charge in [-0.1, -0.05) is 158 Å². The second-order valence-electron chi connectivity index (χ2n) is 22.9. The highest BCUT2D eigenvalue weighted by atomic mass is 19.4. The Labute approximate surface area is 527 Å². The van der Waals surface area contributed by atoms with Crippen molar-refractivity contribution in [3.8, 4) is 118 Å². The molecule has 0 saturated heterocycles. The first-order valence-corrected chi connectivity index (χ1v) is 30.2. The minimum absolute atomic E-state index is 0.273. The maximum Gasteiger partial charge on any atom is 0.416 e. The predicted octanol–water partition coefficient (Wildman–Crippen LogP) is 21.4. The van der Waals surface area contributed by atoms with Crippen molar-refractivity contribution in [2.24, 2.45) is 0 Å². The van der Waals surface area contributed by atoms with Crippen molar-refractivity contribution in [1.82, 2.24) is 29.1 Å². The summed E-state index contributed by atoms with van der Waals surface area (Å²) < 4.78 is 53.3. The van der Waals surface area contributed by atoms with Gasteiger partial charge in [0.05, 0.1) is 73.4 Å². The monoisotopic (exact) mass is 1190 g/mol. The molecule has 6 aromatic heterocycles. The van der Waals surface area contributed by atoms with Gasteiger partial charge in [-0.25, -0.2) is 0 Å². The van der Waals surface area contributed by atoms with Gasteiger partial charge in [-0.05, 0) is 171 Å². The molecule has 0 fully saturated rings. The second kappa shape index (κ2) is 22.7. The van der Waals surface area contributed by atoms with Crippen LogP contribution in [-0.2, 0) is 6.18 Å². The summed E-state index contributed by atoms with van der Waals surface area (Å²) in [4.78, 5) is 19.0. The molecule has 0 spiro atoms. The highest BCUT2D eigenvalue weighted by molar-refractivity contribution is 6.14. The molecule has 0 bridgehead atoms. The minimum atomic E-state index is -4.82. The first-order chi connectivity index (χ1) is 45.2. The van der Waals surface area contributed by atoms with Crippen molar-refractivity contribution in [3.63, 3.8) is 0 Å². The standard InChI is InChI=1S/C82H50F3N7/c83-82(84,85)66-49-79(91-75-28-24-57(61-32-36-87-71(45-61)53-15-5-1-6-16-53)41-67(75)68-42-58(25-29-76(68)91)62-33-37-88-72(46-62)54-17-7-2-8-18-54)81(65-23-13-14-52(40-65)51-86)80(50-66)92-77-30-26-59(63-34-38-89-73(47-63)55-19-9-3-10-20-55)43-69(77)70-44-60(27-31-78(70)92)64-35-39-90-74(48-64)56-21-11-4-12-22-56/h1-50H. The van der Waals surface area contributed by atoms with Crippen LogP contribution < -0.4 is 0 Å². The molecule has 16 aromatic rings. The van der Waals surface area contributed by atoms with Gasteiger partial charge in [-0.2, -0.15) is 18.4 Å². The largest absolute Gasteiger partial charge is 0.416 e. The summed E-state index contributed by atoms with van der Waals surface area (Å²) in [6.45, 7) is 0. The van der Waals surface area contributed by atoms with Gasteiger partial charge in [0.2, 0.25) is 0 Å². The SMILES string of the molecule is N#Cc1cccc(-c2c(-n3c4ccc(-c5ccnc(-c6ccccc6)c5)cc4c4cc(-c5ccnc(-c6ccccc6)c5)ccc43)cc(C(F)(F)F)cc2-n2c3ccc(-c4ccnc(-c5ccccc5)c4)cc3c3cc(-c4ccnc(-c5ccccc5)c4)ccc32)c1. The zero-order chi connectivity index (χ0) is 61.9. The fourth-order valence-electron chi connectivity index (χ4n) is 13.0. The van der Waals surface area contributed by atoms with E-state index in [1.165, 1.54) is 12.1 Å². The van der Waals surface area contributed by atoms with Crippen LogP contribution in [0.4, 0.5) is 13.2 Å². The molecule has 6 heterocycles. The van der Waals surface area contributed by atoms with E-state index in [2.05, 4.69) is 54.6 Å². The highest BCUT2D eigenvalue weighted by Gasteiger charge is 2.35. The van der Waals surface area contributed by atoms with Gasteiger partial charge in [-0.3, -0.25) is 19.9 Å². The van der Waals surface area contributed by atoms with Crippen LogP contribution in [0.5, 0.6) is 0 Å². The average Bonchev–Trinajstić information content (AvgIpc) is 1.54. The summed E-state index contributed by atoms with van der Waals surface area (Å²) in [5.41, 5.74) is 18.2. The maximum absolute atomic E-state index is 16.4. The lowest BCUT2D eigenvalue weighted by atomic mass is 9.96. The second-order valence-corrected chi connectivity index (χ2v) is 22.9. The molecule has 0 atom stereocenters. The molecule has 7 nitrogen and oxygen atoms in total. The summed E-state index contributed by atoms with van der Waals surface area (Å²) in [7, 11) is 0. The Morgan fingerprint density at radius 3 is 0.870 bits per heavy atom. The van der Waals surface area contributed by atoms with Gasteiger partial charge in [0.15, 0.2) is 0 Å². The number of alkyl halides is 3. The van der Waals surface area contributed by atoms with Crippen molar-refractivity contribution < 1.29 is 13.2 Å². The third kappa shape index (κ3) is 10.0. The number of nitrogens with zero attached hydrogens (tertiary/aromatic N) is 7. The van der Waals surface area contributed by atoms with Gasteiger partial charge in [0.25, 0.3) is 0 Å². The first-order valence-electron chi connectivity index (χ1n) is 30.2. The quantitative estimate of drug-likeness (QED) is 0.129. The van der Waals surface area contributed by atoms with Crippen LogP contribution >= 0.6 is 0 Å². The number of hydrogen-bond acceptors (Lipinski definition) is 5. The fourth-order valence-corrected chi connectivity index (χ4v) is 13.0. The van der Waals surface area contributed by atoms with E-state index in [-0.39, 0.29) is 11.4 Å². The van der Waals surface area contributed by atoms with Crippen molar-refractivity contribution in [2.45, 2.75) is 6.18 Å². The third-order valence-corrected chi connectivity index (χ3v) is 17.4. The van der Waals surface area contributed by atoms with E-state index in [4.69, 9.17) is 19.9 Å². The van der Waals surface area contributed by atoms with Crippen LogP contribution in [-0.4, -0.2) is 29.1 Å². The topological polar surface area (TPSA) is 85.2 Å². The Hall–Kier alpha value is -12.3. The molecular weight excluding hydrogens is 1140 g/mol. The molecule has 92 heavy (non-hydrogen) atoms. The zero-order valence-corrected chi connectivity index (χ0v) is 49.1. The Morgan fingerprint density at radius 1 is 0.283 bits per heavy atom. The number of aromatic nitrogens is 6. The van der Waals surface area contributed by atoms with Gasteiger partial charge in [0, 0.05) is 74.1 Å². The van der Waals surface area contributed by atoms with Crippen LogP contribution in [0.15, 0.2) is 304 Å². The molecule has 10 aromatic carbocycles. The Kier molecular flexibility index (Phi) is 13.6. The first kappa shape index (κ1) is 55.0. The fraction of sp³-hybridized carbons (Fsp3) is 0.0122. The molecule has 0 saturated carbocycles. The highest BCUT2D eigenvalue weighted by Crippen LogP contribution is 2.48. The third-order valence-electron chi connectivity index (χ3n) is 17.4. The molecule has 0 N–H and O–H groups in total. The number of fused-ring (bicyclic) bond motifs is 6. The Bertz CT molecular complexity index is 4990. The van der Waals surface area contributed by atoms with E-state index in [1.54, 1.807) is 43.0 Å². The molecule has 0 aliphatic heterocycles. The van der Waals surface area contributed by atoms with Crippen LogP contribution in [0.2, 0.25) is 0 Å². The van der Waals surface area contributed by atoms with Gasteiger partial charge < -0.3 is 9.13 Å². The van der Waals surface area contributed by atoms with Crippen molar-refractivity contribution in [1.29, 1.82) is 5.26 Å². The molecule has 0 radical (unpaired) electrons. The summed E-state index contributed by atoms with van der Waals surface area (Å²) in [6, 6.07) is 93.0. The number of hydrogen-bond donors (Lipinski definition) is 0. The number of benzene rings is 10. The number of rotatable bonds is 11. The zero-order valence-electron chi connectivity index (χ0n) is 49.1. The summed E-state index contributed by atoms with van der Waals surface area (Å²) in [6.07, 6.45) is 2.41. The smallest absolute Gasteiger partial charge is 0.309 e. The molecule has 0 unspecified atom stereocenters. The number of pyridine rings is 4. The lowest BCUT2D eigenvalue weighted by molar-refractivity contribution is -0.137. The molecule has 16 rings (SSSR count). The van der Waals surface area contributed by atoms with Gasteiger partial charge in [0.1, 0.15) is 0 Å². The van der Waals surface area contributed by atoms with Crippen LogP contribution in [0.1, 0.15) is 11.1 Å². The maximum atomic E-state index is 16.4. The van der Waals surface area contributed by atoms with E-state index in [0.717, 1.165) is 111 Å². The van der Waals surface area contributed by atoms with E-state index in [0.29, 0.717) is 38.8 Å². The normalized spacial score (nSPS) is 11.6.